The number of sulfonamides is 1. The van der Waals surface area contributed by atoms with Gasteiger partial charge in [0.05, 0.1) is 35.9 Å². The van der Waals surface area contributed by atoms with E-state index < -0.39 is 27.3 Å². The summed E-state index contributed by atoms with van der Waals surface area (Å²) in [4.78, 5) is 18.0. The number of methoxy groups -OCH3 is 1. The molecule has 13 heteroatoms. The van der Waals surface area contributed by atoms with Gasteiger partial charge in [-0.05, 0) is 80.4 Å². The van der Waals surface area contributed by atoms with Gasteiger partial charge in [0.15, 0.2) is 5.58 Å². The lowest BCUT2D eigenvalue weighted by molar-refractivity contribution is 0.0964. The molecule has 0 radical (unpaired) electrons. The first kappa shape index (κ1) is 33.5. The third-order valence-corrected chi connectivity index (χ3v) is 9.37. The van der Waals surface area contributed by atoms with Crippen molar-refractivity contribution in [2.45, 2.75) is 25.8 Å². The van der Waals surface area contributed by atoms with Crippen molar-refractivity contribution in [1.82, 2.24) is 10.3 Å². The highest BCUT2D eigenvalue weighted by Gasteiger charge is 2.29. The Kier molecular flexibility index (Phi) is 8.59. The van der Waals surface area contributed by atoms with Gasteiger partial charge in [-0.15, -0.1) is 0 Å². The number of carbonyl (C=O) groups excluding carboxylic acids is 1. The van der Waals surface area contributed by atoms with Crippen LogP contribution in [0.1, 0.15) is 30.6 Å². The number of nitrogens with two attached hydrogens (primary N) is 2. The van der Waals surface area contributed by atoms with E-state index in [0.717, 1.165) is 6.26 Å². The molecule has 5 N–H and O–H groups in total. The summed E-state index contributed by atoms with van der Waals surface area (Å²) in [5.74, 6) is 0.00266. The molecular weight excluding hydrogens is 649 g/mol. The molecule has 0 aliphatic rings. The normalized spacial score (nSPS) is 12.1. The van der Waals surface area contributed by atoms with Crippen LogP contribution in [0, 0.1) is 5.82 Å². The number of hydrogen-bond donors (Lipinski definition) is 3. The number of oxazole rings is 1. The van der Waals surface area contributed by atoms with Gasteiger partial charge >= 0.3 is 0 Å². The first-order valence-corrected chi connectivity index (χ1v) is 17.2. The molecule has 2 heterocycles. The zero-order valence-corrected chi connectivity index (χ0v) is 28.4. The molecular formula is C36H36FN5O6S. The molecule has 0 bridgehead atoms. The Labute approximate surface area is 282 Å². The van der Waals surface area contributed by atoms with Crippen molar-refractivity contribution in [3.63, 3.8) is 0 Å². The minimum absolute atomic E-state index is 0.0576. The van der Waals surface area contributed by atoms with Gasteiger partial charge in [0, 0.05) is 41.7 Å². The maximum absolute atomic E-state index is 13.9. The summed E-state index contributed by atoms with van der Waals surface area (Å²) in [5, 5.41) is 3.08. The monoisotopic (exact) mass is 685 g/mol. The van der Waals surface area contributed by atoms with Crippen LogP contribution in [0.25, 0.3) is 56.0 Å². The Balaban J connectivity index is 1.66. The number of hydrogen-bond acceptors (Lipinski definition) is 9. The van der Waals surface area contributed by atoms with E-state index in [9.17, 15) is 17.6 Å². The fraction of sp³-hybridized carbons (Fsp3) is 0.222. The Morgan fingerprint density at radius 1 is 1.00 bits per heavy atom. The zero-order valence-electron chi connectivity index (χ0n) is 27.6. The largest absolute Gasteiger partial charge is 0.496 e. The van der Waals surface area contributed by atoms with Gasteiger partial charge in [0.1, 0.15) is 28.4 Å². The van der Waals surface area contributed by atoms with E-state index >= 15 is 0 Å². The van der Waals surface area contributed by atoms with Gasteiger partial charge in [-0.2, -0.15) is 0 Å². The number of aromatic nitrogens is 1. The highest BCUT2D eigenvalue weighted by Crippen LogP contribution is 2.44. The van der Waals surface area contributed by atoms with Gasteiger partial charge < -0.3 is 30.4 Å². The van der Waals surface area contributed by atoms with Crippen LogP contribution < -0.4 is 25.8 Å². The second-order valence-electron chi connectivity index (χ2n) is 12.5. The number of amides is 1. The Morgan fingerprint density at radius 3 is 2.35 bits per heavy atom. The molecule has 0 saturated carbocycles. The number of furan rings is 1. The van der Waals surface area contributed by atoms with Crippen LogP contribution in [0.4, 0.5) is 15.8 Å². The van der Waals surface area contributed by atoms with Crippen LogP contribution in [0.2, 0.25) is 0 Å². The lowest BCUT2D eigenvalue weighted by Crippen LogP contribution is -2.39. The summed E-state index contributed by atoms with van der Waals surface area (Å²) in [6, 6.07) is 19.4. The van der Waals surface area contributed by atoms with Crippen molar-refractivity contribution in [2.24, 2.45) is 5.73 Å². The van der Waals surface area contributed by atoms with Crippen LogP contribution in [0.5, 0.6) is 5.75 Å². The predicted molar refractivity (Wildman–Crippen MR) is 189 cm³/mol. The standard InChI is InChI=1S/C36H36FN5O6S/c1-36(2,39)15-16-42(49(5,44)45)27-19-30-24(31(34(43)40-3)33(47-30)20-9-12-22(37)13-10-20)18-23(27)21-11-14-28(46-4)25(17-21)35-41-32-26(38)7-6-8-29(32)48-35/h6-14,17-19H,15-16,38-39H2,1-5H3,(H,40,43). The molecule has 254 valence electrons. The molecule has 0 saturated heterocycles. The minimum Gasteiger partial charge on any atom is -0.496 e. The first-order chi connectivity index (χ1) is 23.2. The maximum Gasteiger partial charge on any atom is 0.255 e. The van der Waals surface area contributed by atoms with Crippen molar-refractivity contribution in [2.75, 3.05) is 37.0 Å². The molecule has 11 nitrogen and oxygen atoms in total. The number of benzene rings is 4. The molecule has 2 aromatic heterocycles. The molecule has 0 atom stereocenters. The number of nitrogen functional groups attached to an aromatic ring is 1. The molecule has 6 aromatic rings. The maximum atomic E-state index is 13.9. The summed E-state index contributed by atoms with van der Waals surface area (Å²) in [6.07, 6.45) is 1.45. The van der Waals surface area contributed by atoms with Crippen molar-refractivity contribution in [3.05, 3.63) is 84.2 Å². The number of para-hydroxylation sites is 1. The lowest BCUT2D eigenvalue weighted by Gasteiger charge is -2.28. The average Bonchev–Trinajstić information content (AvgIpc) is 3.65. The van der Waals surface area contributed by atoms with E-state index in [4.69, 9.17) is 25.0 Å². The summed E-state index contributed by atoms with van der Waals surface area (Å²) in [5.41, 5.74) is 15.9. The fourth-order valence-electron chi connectivity index (χ4n) is 5.71. The Morgan fingerprint density at radius 2 is 1.71 bits per heavy atom. The highest BCUT2D eigenvalue weighted by atomic mass is 32.2. The second-order valence-corrected chi connectivity index (χ2v) is 14.4. The van der Waals surface area contributed by atoms with Gasteiger partial charge in [0.25, 0.3) is 5.91 Å². The Hall–Kier alpha value is -5.40. The summed E-state index contributed by atoms with van der Waals surface area (Å²) >= 11 is 0. The topological polar surface area (TPSA) is 167 Å². The number of nitrogens with one attached hydrogen (secondary N) is 1. The Bertz CT molecular complexity index is 2320. The molecule has 0 aliphatic heterocycles. The average molecular weight is 686 g/mol. The van der Waals surface area contributed by atoms with Gasteiger partial charge in [0.2, 0.25) is 15.9 Å². The van der Waals surface area contributed by atoms with Crippen molar-refractivity contribution in [1.29, 1.82) is 0 Å². The lowest BCUT2D eigenvalue weighted by atomic mass is 9.96. The summed E-state index contributed by atoms with van der Waals surface area (Å²) in [7, 11) is -0.860. The molecule has 49 heavy (non-hydrogen) atoms. The number of rotatable bonds is 10. The van der Waals surface area contributed by atoms with Gasteiger partial charge in [-0.3, -0.25) is 9.10 Å². The predicted octanol–water partition coefficient (Wildman–Crippen LogP) is 6.56. The number of halogens is 1. The van der Waals surface area contributed by atoms with Crippen LogP contribution >= 0.6 is 0 Å². The zero-order chi connectivity index (χ0) is 35.2. The van der Waals surface area contributed by atoms with Crippen LogP contribution in [0.15, 0.2) is 81.6 Å². The minimum atomic E-state index is -3.87. The summed E-state index contributed by atoms with van der Waals surface area (Å²) < 4.78 is 60.1. The van der Waals surface area contributed by atoms with E-state index in [-0.39, 0.29) is 29.3 Å². The van der Waals surface area contributed by atoms with Crippen LogP contribution in [-0.4, -0.2) is 51.8 Å². The third kappa shape index (κ3) is 6.54. The van der Waals surface area contributed by atoms with Crippen molar-refractivity contribution >= 4 is 49.4 Å². The number of nitrogens with zero attached hydrogens (tertiary/aromatic N) is 2. The van der Waals surface area contributed by atoms with Crippen molar-refractivity contribution < 1.29 is 31.2 Å². The van der Waals surface area contributed by atoms with Crippen LogP contribution in [-0.2, 0) is 10.0 Å². The number of anilines is 2. The summed E-state index contributed by atoms with van der Waals surface area (Å²) in [6.45, 7) is 3.69. The molecule has 0 aliphatic carbocycles. The van der Waals surface area contributed by atoms with Crippen molar-refractivity contribution in [3.8, 4) is 39.7 Å². The van der Waals surface area contributed by atoms with E-state index in [1.54, 1.807) is 48.5 Å². The number of carbonyl (C=O) groups is 1. The van der Waals surface area contributed by atoms with E-state index in [2.05, 4.69) is 10.3 Å². The molecule has 0 unspecified atom stereocenters. The first-order valence-electron chi connectivity index (χ1n) is 15.4. The van der Waals surface area contributed by atoms with E-state index in [0.29, 0.717) is 62.3 Å². The number of fused-ring (bicyclic) bond motifs is 2. The molecule has 6 rings (SSSR count). The SMILES string of the molecule is CNC(=O)c1c(-c2ccc(F)cc2)oc2cc(N(CCC(C)(C)N)S(C)(=O)=O)c(-c3ccc(OC)c(-c4nc5c(N)cccc5o4)c3)cc12. The second kappa shape index (κ2) is 12.6. The quantitative estimate of drug-likeness (QED) is 0.135. The highest BCUT2D eigenvalue weighted by molar-refractivity contribution is 7.92. The fourth-order valence-corrected chi connectivity index (χ4v) is 6.64. The number of ether oxygens (including phenoxy) is 1. The van der Waals surface area contributed by atoms with Crippen LogP contribution in [0.3, 0.4) is 0 Å². The van der Waals surface area contributed by atoms with Gasteiger partial charge in [-0.25, -0.2) is 17.8 Å². The van der Waals surface area contributed by atoms with E-state index in [1.807, 2.05) is 13.8 Å². The molecule has 0 spiro atoms. The van der Waals surface area contributed by atoms with E-state index in [1.165, 1.54) is 42.7 Å². The smallest absolute Gasteiger partial charge is 0.255 e. The molecule has 1 amide bonds. The third-order valence-electron chi connectivity index (χ3n) is 8.19. The van der Waals surface area contributed by atoms with Gasteiger partial charge in [-0.1, -0.05) is 12.1 Å². The molecule has 0 fully saturated rings. The molecule has 4 aromatic carbocycles.